The summed E-state index contributed by atoms with van der Waals surface area (Å²) >= 11 is 0. The molecule has 0 aliphatic heterocycles. The lowest BCUT2D eigenvalue weighted by atomic mass is 9.75. The number of nitrogens with two attached hydrogens (primary N) is 1. The highest BCUT2D eigenvalue weighted by molar-refractivity contribution is 5.52. The Morgan fingerprint density at radius 3 is 2.44 bits per heavy atom. The second-order valence-electron chi connectivity index (χ2n) is 5.74. The minimum Gasteiger partial charge on any atom is -0.397 e. The van der Waals surface area contributed by atoms with Crippen molar-refractivity contribution in [2.24, 2.45) is 0 Å². The highest BCUT2D eigenvalue weighted by Gasteiger charge is 2.40. The SMILES string of the molecule is Cc1cc(N)cnc1N(C)CC1(N(C)C)CCC1. The Labute approximate surface area is 110 Å². The third-order valence-corrected chi connectivity index (χ3v) is 4.20. The molecule has 0 radical (unpaired) electrons. The van der Waals surface area contributed by atoms with Crippen LogP contribution >= 0.6 is 0 Å². The monoisotopic (exact) mass is 248 g/mol. The molecule has 4 heteroatoms. The van der Waals surface area contributed by atoms with Gasteiger partial charge in [0, 0.05) is 19.1 Å². The number of hydrogen-bond donors (Lipinski definition) is 1. The predicted octanol–water partition coefficient (Wildman–Crippen LogP) is 1.89. The molecule has 1 heterocycles. The number of aromatic nitrogens is 1. The molecule has 1 aromatic rings. The van der Waals surface area contributed by atoms with Gasteiger partial charge in [0.2, 0.25) is 0 Å². The standard InChI is InChI=1S/C14H24N4/c1-11-8-12(15)9-16-13(11)18(4)10-14(17(2)3)6-5-7-14/h8-9H,5-7,10,15H2,1-4H3. The lowest BCUT2D eigenvalue weighted by molar-refractivity contribution is 0.0681. The Hall–Kier alpha value is -1.29. The molecule has 4 nitrogen and oxygen atoms in total. The number of nitrogens with zero attached hydrogens (tertiary/aromatic N) is 3. The van der Waals surface area contributed by atoms with E-state index in [1.165, 1.54) is 19.3 Å². The number of hydrogen-bond acceptors (Lipinski definition) is 4. The van der Waals surface area contributed by atoms with Gasteiger partial charge in [0.25, 0.3) is 0 Å². The Kier molecular flexibility index (Phi) is 3.48. The van der Waals surface area contributed by atoms with E-state index in [4.69, 9.17) is 5.73 Å². The van der Waals surface area contributed by atoms with Crippen molar-refractivity contribution in [3.05, 3.63) is 17.8 Å². The zero-order valence-electron chi connectivity index (χ0n) is 11.9. The van der Waals surface area contributed by atoms with Gasteiger partial charge in [0.05, 0.1) is 11.9 Å². The molecule has 0 aromatic carbocycles. The zero-order chi connectivity index (χ0) is 13.3. The van der Waals surface area contributed by atoms with Gasteiger partial charge in [-0.1, -0.05) is 0 Å². The van der Waals surface area contributed by atoms with Crippen LogP contribution < -0.4 is 10.6 Å². The normalized spacial score (nSPS) is 17.6. The number of aryl methyl sites for hydroxylation is 1. The van der Waals surface area contributed by atoms with E-state index >= 15 is 0 Å². The van der Waals surface area contributed by atoms with Crippen LogP contribution in [-0.4, -0.2) is 43.1 Å². The molecule has 0 amide bonds. The summed E-state index contributed by atoms with van der Waals surface area (Å²) in [7, 11) is 6.47. The zero-order valence-corrected chi connectivity index (χ0v) is 11.9. The number of anilines is 2. The molecule has 1 fully saturated rings. The van der Waals surface area contributed by atoms with Crippen LogP contribution in [0.5, 0.6) is 0 Å². The largest absolute Gasteiger partial charge is 0.397 e. The highest BCUT2D eigenvalue weighted by Crippen LogP contribution is 2.37. The highest BCUT2D eigenvalue weighted by atomic mass is 15.2. The predicted molar refractivity (Wildman–Crippen MR) is 76.9 cm³/mol. The maximum absolute atomic E-state index is 5.75. The average molecular weight is 248 g/mol. The van der Waals surface area contributed by atoms with E-state index in [0.717, 1.165) is 23.6 Å². The molecular weight excluding hydrogens is 224 g/mol. The van der Waals surface area contributed by atoms with E-state index in [1.807, 2.05) is 6.07 Å². The van der Waals surface area contributed by atoms with Crippen molar-refractivity contribution in [1.29, 1.82) is 0 Å². The second kappa shape index (κ2) is 4.76. The smallest absolute Gasteiger partial charge is 0.131 e. The quantitative estimate of drug-likeness (QED) is 0.884. The third kappa shape index (κ3) is 2.29. The first-order valence-electron chi connectivity index (χ1n) is 6.55. The number of rotatable bonds is 4. The van der Waals surface area contributed by atoms with E-state index in [2.05, 4.69) is 42.9 Å². The van der Waals surface area contributed by atoms with Gasteiger partial charge in [0.15, 0.2) is 0 Å². The van der Waals surface area contributed by atoms with Gasteiger partial charge in [-0.15, -0.1) is 0 Å². The molecule has 0 unspecified atom stereocenters. The molecule has 2 N–H and O–H groups in total. The first-order chi connectivity index (χ1) is 8.44. The van der Waals surface area contributed by atoms with E-state index in [-0.39, 0.29) is 0 Å². The maximum Gasteiger partial charge on any atom is 0.131 e. The number of likely N-dealkylation sites (N-methyl/N-ethyl adjacent to an activating group) is 2. The topological polar surface area (TPSA) is 45.4 Å². The van der Waals surface area contributed by atoms with Gasteiger partial charge in [-0.25, -0.2) is 4.98 Å². The van der Waals surface area contributed by atoms with Gasteiger partial charge < -0.3 is 15.5 Å². The van der Waals surface area contributed by atoms with Crippen LogP contribution in [0.4, 0.5) is 11.5 Å². The van der Waals surface area contributed by atoms with Crippen molar-refractivity contribution < 1.29 is 0 Å². The Balaban J connectivity index is 2.14. The Bertz CT molecular complexity index is 424. The molecule has 18 heavy (non-hydrogen) atoms. The fourth-order valence-electron chi connectivity index (χ4n) is 2.84. The Morgan fingerprint density at radius 2 is 2.00 bits per heavy atom. The van der Waals surface area contributed by atoms with Gasteiger partial charge in [0.1, 0.15) is 5.82 Å². The lowest BCUT2D eigenvalue weighted by Gasteiger charge is -2.49. The van der Waals surface area contributed by atoms with Gasteiger partial charge in [-0.05, 0) is 51.9 Å². The minimum absolute atomic E-state index is 0.324. The Morgan fingerprint density at radius 1 is 1.33 bits per heavy atom. The van der Waals surface area contributed by atoms with Crippen LogP contribution in [0.1, 0.15) is 24.8 Å². The van der Waals surface area contributed by atoms with Crippen molar-refractivity contribution in [3.8, 4) is 0 Å². The summed E-state index contributed by atoms with van der Waals surface area (Å²) in [6.45, 7) is 3.09. The molecule has 1 aromatic heterocycles. The molecular formula is C14H24N4. The van der Waals surface area contributed by atoms with Crippen molar-refractivity contribution in [2.45, 2.75) is 31.7 Å². The third-order valence-electron chi connectivity index (χ3n) is 4.20. The van der Waals surface area contributed by atoms with Crippen molar-refractivity contribution in [3.63, 3.8) is 0 Å². The first kappa shape index (κ1) is 13.1. The minimum atomic E-state index is 0.324. The van der Waals surface area contributed by atoms with Crippen LogP contribution in [0.3, 0.4) is 0 Å². The molecule has 2 rings (SSSR count). The number of nitrogen functional groups attached to an aromatic ring is 1. The molecule has 0 bridgehead atoms. The van der Waals surface area contributed by atoms with Crippen LogP contribution in [-0.2, 0) is 0 Å². The lowest BCUT2D eigenvalue weighted by Crippen LogP contribution is -2.57. The van der Waals surface area contributed by atoms with E-state index in [1.54, 1.807) is 6.20 Å². The molecule has 1 saturated carbocycles. The van der Waals surface area contributed by atoms with Crippen LogP contribution in [0, 0.1) is 6.92 Å². The molecule has 1 aliphatic carbocycles. The summed E-state index contributed by atoms with van der Waals surface area (Å²) in [6.07, 6.45) is 5.62. The van der Waals surface area contributed by atoms with Crippen LogP contribution in [0.2, 0.25) is 0 Å². The first-order valence-corrected chi connectivity index (χ1v) is 6.55. The summed E-state index contributed by atoms with van der Waals surface area (Å²) in [5.41, 5.74) is 7.95. The van der Waals surface area contributed by atoms with Gasteiger partial charge >= 0.3 is 0 Å². The number of pyridine rings is 1. The fraction of sp³-hybridized carbons (Fsp3) is 0.643. The van der Waals surface area contributed by atoms with E-state index < -0.39 is 0 Å². The molecule has 0 saturated heterocycles. The molecule has 1 aliphatic rings. The van der Waals surface area contributed by atoms with Gasteiger partial charge in [-0.3, -0.25) is 0 Å². The summed E-state index contributed by atoms with van der Waals surface area (Å²) < 4.78 is 0. The van der Waals surface area contributed by atoms with Gasteiger partial charge in [-0.2, -0.15) is 0 Å². The fourth-order valence-corrected chi connectivity index (χ4v) is 2.84. The van der Waals surface area contributed by atoms with Crippen LogP contribution in [0.15, 0.2) is 12.3 Å². The maximum atomic E-state index is 5.75. The van der Waals surface area contributed by atoms with E-state index in [9.17, 15) is 0 Å². The van der Waals surface area contributed by atoms with Crippen molar-refractivity contribution in [2.75, 3.05) is 38.3 Å². The second-order valence-corrected chi connectivity index (χ2v) is 5.74. The average Bonchev–Trinajstić information content (AvgIpc) is 2.22. The summed E-state index contributed by atoms with van der Waals surface area (Å²) in [4.78, 5) is 9.08. The van der Waals surface area contributed by atoms with Crippen LogP contribution in [0.25, 0.3) is 0 Å². The molecule has 0 spiro atoms. The summed E-state index contributed by atoms with van der Waals surface area (Å²) in [5.74, 6) is 1.04. The van der Waals surface area contributed by atoms with Crippen molar-refractivity contribution in [1.82, 2.24) is 9.88 Å². The molecule has 0 atom stereocenters. The summed E-state index contributed by atoms with van der Waals surface area (Å²) in [5, 5.41) is 0. The summed E-state index contributed by atoms with van der Waals surface area (Å²) in [6, 6.07) is 1.99. The molecule has 100 valence electrons. The van der Waals surface area contributed by atoms with Crippen molar-refractivity contribution >= 4 is 11.5 Å². The van der Waals surface area contributed by atoms with E-state index in [0.29, 0.717) is 5.54 Å².